The van der Waals surface area contributed by atoms with Crippen LogP contribution < -0.4 is 29.4 Å². The Morgan fingerprint density at radius 1 is 0.615 bits per heavy atom. The second-order valence-electron chi connectivity index (χ2n) is 0.894. The molecular formula is FeMn2O8P2. The Labute approximate surface area is 105 Å². The molecule has 0 aromatic rings. The van der Waals surface area contributed by atoms with E-state index < -0.39 is 15.6 Å². The molecule has 0 N–H and O–H groups in total. The first-order valence-corrected chi connectivity index (χ1v) is 4.38. The molecule has 0 bridgehead atoms. The molecule has 0 aromatic carbocycles. The average Bonchev–Trinajstić information content (AvgIpc) is 1.12. The van der Waals surface area contributed by atoms with Crippen molar-refractivity contribution in [2.45, 2.75) is 0 Å². The minimum absolute atomic E-state index is 0. The summed E-state index contributed by atoms with van der Waals surface area (Å²) in [5, 5.41) is 0. The second-order valence-corrected chi connectivity index (χ2v) is 2.68. The van der Waals surface area contributed by atoms with Gasteiger partial charge in [-0.3, -0.25) is 0 Å². The van der Waals surface area contributed by atoms with E-state index in [0.717, 1.165) is 0 Å². The van der Waals surface area contributed by atoms with Crippen molar-refractivity contribution in [3.63, 3.8) is 0 Å². The molecular weight excluding hydrogens is 356 g/mol. The Kier molecular flexibility index (Phi) is 26.7. The first-order chi connectivity index (χ1) is 4.00. The third-order valence-electron chi connectivity index (χ3n) is 0. The summed E-state index contributed by atoms with van der Waals surface area (Å²) in [6.45, 7) is 0. The van der Waals surface area contributed by atoms with Gasteiger partial charge in [-0.05, 0) is 0 Å². The molecule has 13 heavy (non-hydrogen) atoms. The predicted molar refractivity (Wildman–Crippen MR) is 15.2 cm³/mol. The molecule has 0 saturated heterocycles. The number of rotatable bonds is 0. The maximum atomic E-state index is 8.55. The summed E-state index contributed by atoms with van der Waals surface area (Å²) in [5.41, 5.74) is 0. The number of hydrogen-bond donors (Lipinski definition) is 0. The van der Waals surface area contributed by atoms with Crippen LogP contribution >= 0.6 is 15.6 Å². The van der Waals surface area contributed by atoms with Crippen molar-refractivity contribution in [3.05, 3.63) is 0 Å². The van der Waals surface area contributed by atoms with Crippen molar-refractivity contribution >= 4 is 15.6 Å². The standard InChI is InChI=1S/Fe.2Mn.2H3O4P/c;;;2*1-5(2,3)4/h;;;2*(H3,1,2,3,4)/q3*+2;;/p-6. The van der Waals surface area contributed by atoms with E-state index in [4.69, 9.17) is 38.5 Å². The van der Waals surface area contributed by atoms with Gasteiger partial charge in [0.1, 0.15) is 0 Å². The van der Waals surface area contributed by atoms with Crippen LogP contribution in [-0.4, -0.2) is 0 Å². The van der Waals surface area contributed by atoms with E-state index in [9.17, 15) is 0 Å². The van der Waals surface area contributed by atoms with Gasteiger partial charge in [0.15, 0.2) is 0 Å². The SMILES string of the molecule is O=P([O-])([O-])[O-].O=P([O-])([O-])[O-].[Fe+2].[Mn+2].[Mn+2]. The Morgan fingerprint density at radius 3 is 0.615 bits per heavy atom. The number of phosphoric acid groups is 2. The molecule has 0 saturated carbocycles. The van der Waals surface area contributed by atoms with E-state index in [1.165, 1.54) is 0 Å². The summed E-state index contributed by atoms with van der Waals surface area (Å²) >= 11 is 0. The van der Waals surface area contributed by atoms with Crippen LogP contribution in [0.5, 0.6) is 0 Å². The van der Waals surface area contributed by atoms with Crippen molar-refractivity contribution in [2.75, 3.05) is 0 Å². The van der Waals surface area contributed by atoms with Gasteiger partial charge in [-0.2, -0.15) is 15.6 Å². The summed E-state index contributed by atoms with van der Waals surface area (Å²) in [4.78, 5) is 51.3. The smallest absolute Gasteiger partial charge is 0.822 e. The summed E-state index contributed by atoms with van der Waals surface area (Å²) in [5.74, 6) is 0. The summed E-state index contributed by atoms with van der Waals surface area (Å²) in [6.07, 6.45) is 0. The molecule has 80 valence electrons. The monoisotopic (exact) mass is 356 g/mol. The maximum Gasteiger partial charge on any atom is 2.00 e. The van der Waals surface area contributed by atoms with E-state index in [-0.39, 0.29) is 51.2 Å². The quantitative estimate of drug-likeness (QED) is 0.305. The van der Waals surface area contributed by atoms with Gasteiger partial charge in [0.05, 0.1) is 0 Å². The normalized spacial score (nSPS) is 9.08. The molecule has 13 heteroatoms. The molecule has 0 unspecified atom stereocenters. The molecule has 0 amide bonds. The van der Waals surface area contributed by atoms with Crippen molar-refractivity contribution in [2.24, 2.45) is 0 Å². The topological polar surface area (TPSA) is 172 Å². The van der Waals surface area contributed by atoms with Crippen molar-refractivity contribution in [1.82, 2.24) is 0 Å². The maximum absolute atomic E-state index is 8.55. The first-order valence-electron chi connectivity index (χ1n) is 1.46. The zero-order valence-electron chi connectivity index (χ0n) is 5.27. The van der Waals surface area contributed by atoms with Gasteiger partial charge in [-0.25, -0.2) is 0 Å². The molecule has 0 spiro atoms. The Balaban J connectivity index is -0.0000000267. The minimum atomic E-state index is -5.39. The minimum Gasteiger partial charge on any atom is -0.822 e. The van der Waals surface area contributed by atoms with Crippen LogP contribution in [0.25, 0.3) is 0 Å². The van der Waals surface area contributed by atoms with Crippen LogP contribution in [0, 0.1) is 0 Å². The molecule has 0 aliphatic rings. The van der Waals surface area contributed by atoms with Crippen LogP contribution in [0.4, 0.5) is 0 Å². The van der Waals surface area contributed by atoms with E-state index in [1.54, 1.807) is 0 Å². The summed E-state index contributed by atoms with van der Waals surface area (Å²) in [7, 11) is -10.8. The van der Waals surface area contributed by atoms with Crippen molar-refractivity contribution in [3.8, 4) is 0 Å². The fourth-order valence-corrected chi connectivity index (χ4v) is 0. The molecule has 0 aliphatic heterocycles. The third kappa shape index (κ3) is 604. The van der Waals surface area contributed by atoms with Crippen LogP contribution in [0.2, 0.25) is 0 Å². The average molecular weight is 356 g/mol. The van der Waals surface area contributed by atoms with Gasteiger partial charge in [-0.1, -0.05) is 0 Å². The number of hydrogen-bond acceptors (Lipinski definition) is 8. The van der Waals surface area contributed by atoms with Crippen LogP contribution in [0.1, 0.15) is 0 Å². The van der Waals surface area contributed by atoms with Gasteiger partial charge < -0.3 is 38.5 Å². The van der Waals surface area contributed by atoms with Crippen molar-refractivity contribution in [1.29, 1.82) is 0 Å². The zero-order chi connectivity index (χ0) is 9.00. The predicted octanol–water partition coefficient (Wildman–Crippen LogP) is -5.66. The largest absolute Gasteiger partial charge is 2.00 e. The van der Waals surface area contributed by atoms with Crippen LogP contribution in [0.3, 0.4) is 0 Å². The molecule has 0 heterocycles. The van der Waals surface area contributed by atoms with Gasteiger partial charge in [0.2, 0.25) is 0 Å². The van der Waals surface area contributed by atoms with Crippen molar-refractivity contribution < 1.29 is 89.7 Å². The van der Waals surface area contributed by atoms with Gasteiger partial charge >= 0.3 is 51.2 Å². The Morgan fingerprint density at radius 2 is 0.615 bits per heavy atom. The second kappa shape index (κ2) is 11.9. The molecule has 8 nitrogen and oxygen atoms in total. The van der Waals surface area contributed by atoms with Gasteiger partial charge in [-0.15, -0.1) is 0 Å². The summed E-state index contributed by atoms with van der Waals surface area (Å²) < 4.78 is 17.1. The Bertz CT molecular complexity index is 132. The van der Waals surface area contributed by atoms with E-state index in [2.05, 4.69) is 0 Å². The van der Waals surface area contributed by atoms with E-state index >= 15 is 0 Å². The molecule has 0 aromatic heterocycles. The molecule has 0 atom stereocenters. The molecule has 0 aliphatic carbocycles. The van der Waals surface area contributed by atoms with E-state index in [1.807, 2.05) is 0 Å². The fourth-order valence-electron chi connectivity index (χ4n) is 0. The fraction of sp³-hybridized carbons (Fsp3) is 0. The molecule has 0 rings (SSSR count). The van der Waals surface area contributed by atoms with Gasteiger partial charge in [0.25, 0.3) is 0 Å². The zero-order valence-corrected chi connectivity index (χ0v) is 10.5. The first kappa shape index (κ1) is 29.3. The molecule has 2 radical (unpaired) electrons. The molecule has 0 fully saturated rings. The van der Waals surface area contributed by atoms with Gasteiger partial charge in [0, 0.05) is 0 Å². The third-order valence-corrected chi connectivity index (χ3v) is 0. The van der Waals surface area contributed by atoms with Crippen LogP contribution in [0.15, 0.2) is 0 Å². The summed E-state index contributed by atoms with van der Waals surface area (Å²) in [6, 6.07) is 0. The van der Waals surface area contributed by atoms with E-state index in [0.29, 0.717) is 0 Å². The van der Waals surface area contributed by atoms with Crippen LogP contribution in [-0.2, 0) is 60.3 Å². The Hall–Kier alpha value is 1.78.